The van der Waals surface area contributed by atoms with E-state index in [1.165, 1.54) is 10.4 Å². The summed E-state index contributed by atoms with van der Waals surface area (Å²) >= 11 is 1.70. The molecule has 0 spiro atoms. The van der Waals surface area contributed by atoms with Crippen LogP contribution >= 0.6 is 11.3 Å². The van der Waals surface area contributed by atoms with E-state index in [1.807, 2.05) is 28.9 Å². The van der Waals surface area contributed by atoms with Crippen molar-refractivity contribution in [3.05, 3.63) is 40.3 Å². The molecule has 0 unspecified atom stereocenters. The van der Waals surface area contributed by atoms with E-state index in [9.17, 15) is 4.79 Å². The van der Waals surface area contributed by atoms with Crippen LogP contribution in [0.3, 0.4) is 0 Å². The minimum Gasteiger partial charge on any atom is -0.340 e. The molecule has 5 nitrogen and oxygen atoms in total. The maximum absolute atomic E-state index is 12.5. The summed E-state index contributed by atoms with van der Waals surface area (Å²) in [5.41, 5.74) is 1.18. The van der Waals surface area contributed by atoms with E-state index in [-0.39, 0.29) is 5.91 Å². The van der Waals surface area contributed by atoms with Crippen molar-refractivity contribution in [2.45, 2.75) is 38.9 Å². The summed E-state index contributed by atoms with van der Waals surface area (Å²) in [6.07, 6.45) is 6.26. The lowest BCUT2D eigenvalue weighted by Crippen LogP contribution is -2.41. The fraction of sp³-hybridized carbons (Fsp3) is 0.529. The fourth-order valence-electron chi connectivity index (χ4n) is 3.11. The van der Waals surface area contributed by atoms with Gasteiger partial charge >= 0.3 is 0 Å². The fourth-order valence-corrected chi connectivity index (χ4v) is 3.87. The van der Waals surface area contributed by atoms with Crippen LogP contribution in [0.25, 0.3) is 0 Å². The summed E-state index contributed by atoms with van der Waals surface area (Å²) in [4.78, 5) is 17.9. The highest BCUT2D eigenvalue weighted by Gasteiger charge is 2.27. The third-order valence-electron chi connectivity index (χ3n) is 4.40. The first-order valence-electron chi connectivity index (χ1n) is 8.11. The van der Waals surface area contributed by atoms with Gasteiger partial charge in [0, 0.05) is 24.2 Å². The Morgan fingerprint density at radius 3 is 3.09 bits per heavy atom. The number of hydrogen-bond donors (Lipinski definition) is 0. The summed E-state index contributed by atoms with van der Waals surface area (Å²) in [5, 5.41) is 6.43. The molecule has 0 saturated carbocycles. The van der Waals surface area contributed by atoms with Gasteiger partial charge in [0.05, 0.1) is 25.8 Å². The van der Waals surface area contributed by atoms with Crippen LogP contribution in [0.4, 0.5) is 0 Å². The topological polar surface area (TPSA) is 41.4 Å². The first-order valence-corrected chi connectivity index (χ1v) is 8.99. The molecular weight excluding hydrogens is 308 g/mol. The van der Waals surface area contributed by atoms with E-state index in [2.05, 4.69) is 34.6 Å². The number of aryl methyl sites for hydroxylation is 1. The average Bonchev–Trinajstić information content (AvgIpc) is 3.24. The van der Waals surface area contributed by atoms with Gasteiger partial charge in [0.1, 0.15) is 0 Å². The number of rotatable bonds is 6. The highest BCUT2D eigenvalue weighted by molar-refractivity contribution is 7.09. The molecule has 0 bridgehead atoms. The molecule has 3 rings (SSSR count). The first-order chi connectivity index (χ1) is 11.1. The van der Waals surface area contributed by atoms with E-state index < -0.39 is 0 Å². The van der Waals surface area contributed by atoms with Crippen LogP contribution in [-0.4, -0.2) is 51.7 Å². The molecule has 1 amide bonds. The Kier molecular flexibility index (Phi) is 5.13. The predicted molar refractivity (Wildman–Crippen MR) is 92.4 cm³/mol. The third kappa shape index (κ3) is 4.20. The van der Waals surface area contributed by atoms with Crippen LogP contribution in [0.2, 0.25) is 0 Å². The maximum atomic E-state index is 12.5. The SMILES string of the molecule is Cc1cnn(C[C@H]2CCCN2CC(=O)N(C)Cc2cccs2)c1. The third-order valence-corrected chi connectivity index (χ3v) is 5.26. The molecule has 1 fully saturated rings. The lowest BCUT2D eigenvalue weighted by atomic mass is 10.2. The van der Waals surface area contributed by atoms with Crippen LogP contribution < -0.4 is 0 Å². The molecular formula is C17H24N4OS. The lowest BCUT2D eigenvalue weighted by Gasteiger charge is -2.26. The minimum absolute atomic E-state index is 0.196. The molecule has 2 aromatic heterocycles. The lowest BCUT2D eigenvalue weighted by molar-refractivity contribution is -0.131. The monoisotopic (exact) mass is 332 g/mol. The molecule has 1 aliphatic rings. The number of carbonyl (C=O) groups is 1. The molecule has 0 aliphatic carbocycles. The van der Waals surface area contributed by atoms with Gasteiger partial charge in [0.15, 0.2) is 0 Å². The van der Waals surface area contributed by atoms with Gasteiger partial charge in [-0.25, -0.2) is 0 Å². The van der Waals surface area contributed by atoms with Crippen molar-refractivity contribution in [3.8, 4) is 0 Å². The van der Waals surface area contributed by atoms with E-state index in [1.54, 1.807) is 11.3 Å². The molecule has 2 aromatic rings. The second kappa shape index (κ2) is 7.27. The molecule has 3 heterocycles. The van der Waals surface area contributed by atoms with E-state index >= 15 is 0 Å². The quantitative estimate of drug-likeness (QED) is 0.815. The smallest absolute Gasteiger partial charge is 0.236 e. The van der Waals surface area contributed by atoms with Gasteiger partial charge in [-0.1, -0.05) is 6.07 Å². The second-order valence-corrected chi connectivity index (χ2v) is 7.37. The van der Waals surface area contributed by atoms with Crippen molar-refractivity contribution in [1.29, 1.82) is 0 Å². The molecule has 0 aromatic carbocycles. The number of amides is 1. The number of carbonyl (C=O) groups excluding carboxylic acids is 1. The Hall–Kier alpha value is -1.66. The van der Waals surface area contributed by atoms with Crippen molar-refractivity contribution in [3.63, 3.8) is 0 Å². The average molecular weight is 332 g/mol. The Morgan fingerprint density at radius 2 is 2.39 bits per heavy atom. The van der Waals surface area contributed by atoms with Crippen molar-refractivity contribution < 1.29 is 4.79 Å². The Labute approximate surface area is 141 Å². The van der Waals surface area contributed by atoms with Gasteiger partial charge in [-0.2, -0.15) is 5.10 Å². The number of hydrogen-bond acceptors (Lipinski definition) is 4. The second-order valence-electron chi connectivity index (χ2n) is 6.34. The van der Waals surface area contributed by atoms with E-state index in [0.29, 0.717) is 19.1 Å². The number of likely N-dealkylation sites (tertiary alicyclic amines) is 1. The zero-order valence-corrected chi connectivity index (χ0v) is 14.6. The maximum Gasteiger partial charge on any atom is 0.236 e. The van der Waals surface area contributed by atoms with Gasteiger partial charge in [-0.15, -0.1) is 11.3 Å². The van der Waals surface area contributed by atoms with Gasteiger partial charge in [0.25, 0.3) is 0 Å². The predicted octanol–water partition coefficient (Wildman–Crippen LogP) is 2.38. The molecule has 1 saturated heterocycles. The summed E-state index contributed by atoms with van der Waals surface area (Å²) in [6, 6.07) is 4.52. The summed E-state index contributed by atoms with van der Waals surface area (Å²) in [5.74, 6) is 0.196. The Morgan fingerprint density at radius 1 is 1.52 bits per heavy atom. The highest BCUT2D eigenvalue weighted by Crippen LogP contribution is 2.19. The highest BCUT2D eigenvalue weighted by atomic mass is 32.1. The number of thiophene rings is 1. The molecule has 124 valence electrons. The Balaban J connectivity index is 1.54. The van der Waals surface area contributed by atoms with Gasteiger partial charge in [0.2, 0.25) is 5.91 Å². The summed E-state index contributed by atoms with van der Waals surface area (Å²) in [6.45, 7) is 5.14. The first kappa shape index (κ1) is 16.2. The molecule has 6 heteroatoms. The summed E-state index contributed by atoms with van der Waals surface area (Å²) < 4.78 is 2.00. The van der Waals surface area contributed by atoms with Gasteiger partial charge in [-0.3, -0.25) is 14.4 Å². The van der Waals surface area contributed by atoms with E-state index in [0.717, 1.165) is 25.9 Å². The minimum atomic E-state index is 0.196. The normalized spacial score (nSPS) is 18.4. The largest absolute Gasteiger partial charge is 0.340 e. The molecule has 0 radical (unpaired) electrons. The number of aromatic nitrogens is 2. The van der Waals surface area contributed by atoms with Crippen molar-refractivity contribution in [2.75, 3.05) is 20.1 Å². The summed E-state index contributed by atoms with van der Waals surface area (Å²) in [7, 11) is 1.89. The van der Waals surface area contributed by atoms with Crippen LogP contribution in [-0.2, 0) is 17.9 Å². The number of likely N-dealkylation sites (N-methyl/N-ethyl adjacent to an activating group) is 1. The van der Waals surface area contributed by atoms with E-state index in [4.69, 9.17) is 0 Å². The Bertz CT molecular complexity index is 637. The number of nitrogens with zero attached hydrogens (tertiary/aromatic N) is 4. The van der Waals surface area contributed by atoms with Crippen molar-refractivity contribution >= 4 is 17.2 Å². The zero-order chi connectivity index (χ0) is 16.2. The van der Waals surface area contributed by atoms with Crippen LogP contribution in [0, 0.1) is 6.92 Å². The molecule has 1 aliphatic heterocycles. The van der Waals surface area contributed by atoms with Gasteiger partial charge < -0.3 is 4.90 Å². The molecule has 23 heavy (non-hydrogen) atoms. The standard InChI is InChI=1S/C17H24N4OS/c1-14-9-18-21(10-14)11-15-5-3-7-20(15)13-17(22)19(2)12-16-6-4-8-23-16/h4,6,8-10,15H,3,5,7,11-13H2,1-2H3/t15-/m1/s1. The van der Waals surface area contributed by atoms with Crippen molar-refractivity contribution in [1.82, 2.24) is 19.6 Å². The zero-order valence-electron chi connectivity index (χ0n) is 13.8. The van der Waals surface area contributed by atoms with Crippen molar-refractivity contribution in [2.24, 2.45) is 0 Å². The van der Waals surface area contributed by atoms with Gasteiger partial charge in [-0.05, 0) is 43.3 Å². The molecule has 1 atom stereocenters. The van der Waals surface area contributed by atoms with Crippen LogP contribution in [0.1, 0.15) is 23.3 Å². The van der Waals surface area contributed by atoms with Crippen LogP contribution in [0.5, 0.6) is 0 Å². The van der Waals surface area contributed by atoms with Crippen LogP contribution in [0.15, 0.2) is 29.9 Å². The molecule has 0 N–H and O–H groups in total.